The molecule has 1 aromatic heterocycles. The molecule has 0 atom stereocenters. The van der Waals surface area contributed by atoms with E-state index >= 15 is 0 Å². The second-order valence-electron chi connectivity index (χ2n) is 8.28. The van der Waals surface area contributed by atoms with Gasteiger partial charge in [-0.05, 0) is 55.6 Å². The average molecular weight is 437 g/mol. The van der Waals surface area contributed by atoms with E-state index in [1.165, 1.54) is 5.56 Å². The Bertz CT molecular complexity index is 1020. The van der Waals surface area contributed by atoms with Crippen LogP contribution in [0.1, 0.15) is 35.4 Å². The molecule has 31 heavy (non-hydrogen) atoms. The van der Waals surface area contributed by atoms with Crippen LogP contribution in [-0.2, 0) is 24.4 Å². The predicted octanol–water partition coefficient (Wildman–Crippen LogP) is 4.42. The quantitative estimate of drug-likeness (QED) is 0.596. The van der Waals surface area contributed by atoms with Gasteiger partial charge in [-0.25, -0.2) is 4.98 Å². The van der Waals surface area contributed by atoms with E-state index in [0.29, 0.717) is 6.54 Å². The molecule has 0 radical (unpaired) electrons. The first-order chi connectivity index (χ1) is 15.1. The third-order valence-corrected chi connectivity index (χ3v) is 6.41. The summed E-state index contributed by atoms with van der Waals surface area (Å²) in [5.74, 6) is 1.24. The number of nitrogens with zero attached hydrogens (tertiary/aromatic N) is 3. The van der Waals surface area contributed by atoms with Gasteiger partial charge in [0.2, 0.25) is 5.91 Å². The molecule has 162 valence electrons. The van der Waals surface area contributed by atoms with Crippen molar-refractivity contribution in [1.82, 2.24) is 19.8 Å². The molecule has 1 fully saturated rings. The van der Waals surface area contributed by atoms with Crippen molar-refractivity contribution < 1.29 is 4.79 Å². The summed E-state index contributed by atoms with van der Waals surface area (Å²) in [5.41, 5.74) is 3.48. The minimum Gasteiger partial charge on any atom is -0.352 e. The lowest BCUT2D eigenvalue weighted by Gasteiger charge is -2.31. The highest BCUT2D eigenvalue weighted by atomic mass is 35.5. The number of halogens is 1. The van der Waals surface area contributed by atoms with Crippen LogP contribution in [0.2, 0.25) is 5.02 Å². The summed E-state index contributed by atoms with van der Waals surface area (Å²) in [7, 11) is 0. The van der Waals surface area contributed by atoms with Gasteiger partial charge >= 0.3 is 0 Å². The van der Waals surface area contributed by atoms with Crippen LogP contribution in [-0.4, -0.2) is 33.4 Å². The fourth-order valence-electron chi connectivity index (χ4n) is 4.16. The summed E-state index contributed by atoms with van der Waals surface area (Å²) in [6, 6.07) is 16.4. The number of carbonyl (C=O) groups excluding carboxylic acids is 1. The molecule has 1 aliphatic rings. The van der Waals surface area contributed by atoms with Crippen molar-refractivity contribution in [2.24, 2.45) is 5.92 Å². The van der Waals surface area contributed by atoms with E-state index in [4.69, 9.17) is 11.6 Å². The van der Waals surface area contributed by atoms with E-state index in [9.17, 15) is 4.79 Å². The van der Waals surface area contributed by atoms with Gasteiger partial charge in [0.15, 0.2) is 0 Å². The Morgan fingerprint density at radius 1 is 1.10 bits per heavy atom. The lowest BCUT2D eigenvalue weighted by atomic mass is 9.95. The highest BCUT2D eigenvalue weighted by Crippen LogP contribution is 2.22. The largest absolute Gasteiger partial charge is 0.352 e. The van der Waals surface area contributed by atoms with Gasteiger partial charge in [0.25, 0.3) is 0 Å². The Balaban J connectivity index is 1.25. The summed E-state index contributed by atoms with van der Waals surface area (Å²) >= 11 is 6.29. The van der Waals surface area contributed by atoms with Crippen molar-refractivity contribution in [3.63, 3.8) is 0 Å². The summed E-state index contributed by atoms with van der Waals surface area (Å²) in [4.78, 5) is 19.4. The second-order valence-corrected chi connectivity index (χ2v) is 8.69. The SMILES string of the molecule is Cc1nccn1Cc1cccc(CNC(=O)C2CCN(Cc3ccccc3Cl)CC2)c1. The van der Waals surface area contributed by atoms with Gasteiger partial charge in [-0.2, -0.15) is 0 Å². The number of carbonyl (C=O) groups is 1. The maximum absolute atomic E-state index is 12.7. The molecule has 4 rings (SSSR count). The van der Waals surface area contributed by atoms with Gasteiger partial charge in [-0.3, -0.25) is 9.69 Å². The van der Waals surface area contributed by atoms with Crippen LogP contribution >= 0.6 is 11.6 Å². The molecule has 0 unspecified atom stereocenters. The van der Waals surface area contributed by atoms with Crippen molar-refractivity contribution >= 4 is 17.5 Å². The smallest absolute Gasteiger partial charge is 0.223 e. The van der Waals surface area contributed by atoms with Gasteiger partial charge in [0.05, 0.1) is 0 Å². The zero-order valence-electron chi connectivity index (χ0n) is 17.9. The zero-order valence-corrected chi connectivity index (χ0v) is 18.7. The number of rotatable bonds is 7. The summed E-state index contributed by atoms with van der Waals surface area (Å²) < 4.78 is 2.12. The molecule has 2 heterocycles. The molecule has 2 aromatic carbocycles. The van der Waals surface area contributed by atoms with Gasteiger partial charge in [-0.1, -0.05) is 54.1 Å². The summed E-state index contributed by atoms with van der Waals surface area (Å²) in [6.07, 6.45) is 5.58. The third kappa shape index (κ3) is 5.75. The van der Waals surface area contributed by atoms with Crippen LogP contribution in [0.4, 0.5) is 0 Å². The maximum Gasteiger partial charge on any atom is 0.223 e. The third-order valence-electron chi connectivity index (χ3n) is 6.04. The fourth-order valence-corrected chi connectivity index (χ4v) is 4.36. The van der Waals surface area contributed by atoms with Crippen molar-refractivity contribution in [3.8, 4) is 0 Å². The molecule has 1 saturated heterocycles. The Morgan fingerprint density at radius 3 is 2.61 bits per heavy atom. The van der Waals surface area contributed by atoms with E-state index in [0.717, 1.165) is 61.0 Å². The fraction of sp³-hybridized carbons (Fsp3) is 0.360. The number of aryl methyl sites for hydroxylation is 1. The lowest BCUT2D eigenvalue weighted by Crippen LogP contribution is -2.40. The van der Waals surface area contributed by atoms with E-state index in [1.54, 1.807) is 0 Å². The molecule has 3 aromatic rings. The van der Waals surface area contributed by atoms with E-state index in [-0.39, 0.29) is 11.8 Å². The number of benzene rings is 2. The van der Waals surface area contributed by atoms with Gasteiger partial charge in [0, 0.05) is 43.0 Å². The van der Waals surface area contributed by atoms with Crippen LogP contribution in [0, 0.1) is 12.8 Å². The Labute approximate surface area is 189 Å². The average Bonchev–Trinajstić information content (AvgIpc) is 3.19. The lowest BCUT2D eigenvalue weighted by molar-refractivity contribution is -0.126. The highest BCUT2D eigenvalue weighted by Gasteiger charge is 2.25. The standard InChI is InChI=1S/C25H29ClN4O/c1-19-27-11-14-30(19)17-21-6-4-5-20(15-21)16-28-25(31)22-9-12-29(13-10-22)18-23-7-2-3-8-24(23)26/h2-8,11,14-15,22H,9-10,12-13,16-18H2,1H3,(H,28,31). The monoisotopic (exact) mass is 436 g/mol. The number of hydrogen-bond acceptors (Lipinski definition) is 3. The molecule has 0 spiro atoms. The van der Waals surface area contributed by atoms with Crippen LogP contribution in [0.5, 0.6) is 0 Å². The number of amides is 1. The molecule has 0 bridgehead atoms. The number of hydrogen-bond donors (Lipinski definition) is 1. The van der Waals surface area contributed by atoms with Crippen molar-refractivity contribution in [2.75, 3.05) is 13.1 Å². The number of imidazole rings is 1. The Hall–Kier alpha value is -2.63. The summed E-state index contributed by atoms with van der Waals surface area (Å²) in [6.45, 7) is 6.04. The van der Waals surface area contributed by atoms with Crippen LogP contribution in [0.3, 0.4) is 0 Å². The Morgan fingerprint density at radius 2 is 1.87 bits per heavy atom. The van der Waals surface area contributed by atoms with Crippen LogP contribution < -0.4 is 5.32 Å². The molecule has 0 aliphatic carbocycles. The van der Waals surface area contributed by atoms with Gasteiger partial charge in [-0.15, -0.1) is 0 Å². The number of aromatic nitrogens is 2. The molecular formula is C25H29ClN4O. The van der Waals surface area contributed by atoms with Crippen molar-refractivity contribution in [2.45, 2.75) is 39.4 Å². The zero-order chi connectivity index (χ0) is 21.6. The molecule has 0 saturated carbocycles. The van der Waals surface area contributed by atoms with Gasteiger partial charge in [0.1, 0.15) is 5.82 Å². The van der Waals surface area contributed by atoms with E-state index in [1.807, 2.05) is 37.5 Å². The maximum atomic E-state index is 12.7. The normalized spacial score (nSPS) is 15.2. The molecule has 1 aliphatic heterocycles. The first kappa shape index (κ1) is 21.6. The van der Waals surface area contributed by atoms with Crippen LogP contribution in [0.25, 0.3) is 0 Å². The van der Waals surface area contributed by atoms with Crippen molar-refractivity contribution in [3.05, 3.63) is 88.5 Å². The number of likely N-dealkylation sites (tertiary alicyclic amines) is 1. The molecule has 1 N–H and O–H groups in total. The topological polar surface area (TPSA) is 50.2 Å². The number of nitrogens with one attached hydrogen (secondary N) is 1. The molecule has 1 amide bonds. The van der Waals surface area contributed by atoms with Crippen LogP contribution in [0.15, 0.2) is 60.9 Å². The van der Waals surface area contributed by atoms with E-state index in [2.05, 4.69) is 50.1 Å². The number of piperidine rings is 1. The first-order valence-electron chi connectivity index (χ1n) is 10.9. The molecule has 5 nitrogen and oxygen atoms in total. The minimum atomic E-state index is 0.0827. The first-order valence-corrected chi connectivity index (χ1v) is 11.3. The predicted molar refractivity (Wildman–Crippen MR) is 124 cm³/mol. The molecular weight excluding hydrogens is 408 g/mol. The second kappa shape index (κ2) is 10.1. The Kier molecular flexibility index (Phi) is 7.05. The minimum absolute atomic E-state index is 0.0827. The highest BCUT2D eigenvalue weighted by molar-refractivity contribution is 6.31. The molecule has 6 heteroatoms. The summed E-state index contributed by atoms with van der Waals surface area (Å²) in [5, 5.41) is 3.95. The van der Waals surface area contributed by atoms with Crippen molar-refractivity contribution in [1.29, 1.82) is 0 Å². The van der Waals surface area contributed by atoms with Gasteiger partial charge < -0.3 is 9.88 Å². The van der Waals surface area contributed by atoms with E-state index < -0.39 is 0 Å².